The van der Waals surface area contributed by atoms with Crippen LogP contribution in [0.4, 0.5) is 0 Å². The third kappa shape index (κ3) is 2.90. The molecule has 0 radical (unpaired) electrons. The van der Waals surface area contributed by atoms with E-state index in [1.807, 2.05) is 6.92 Å². The molecule has 1 heterocycles. The van der Waals surface area contributed by atoms with Crippen LogP contribution in [0, 0.1) is 11.3 Å². The molecule has 0 aromatic rings. The number of carbonyl (C=O) groups excluding carboxylic acids is 1. The molecule has 108 valence electrons. The van der Waals surface area contributed by atoms with Gasteiger partial charge in [-0.3, -0.25) is 9.59 Å². The number of rotatable bonds is 6. The topological polar surface area (TPSA) is 87.7 Å². The number of nitrogens with one attached hydrogen (secondary N) is 2. The predicted molar refractivity (Wildman–Crippen MR) is 68.7 cm³/mol. The molecule has 0 bridgehead atoms. The SMILES string of the molecule is CCNC1COCC1C(=O)NCC1(C(=O)O)CCC1. The summed E-state index contributed by atoms with van der Waals surface area (Å²) in [6, 6.07) is 0.0344. The Balaban J connectivity index is 1.85. The van der Waals surface area contributed by atoms with Crippen LogP contribution < -0.4 is 10.6 Å². The summed E-state index contributed by atoms with van der Waals surface area (Å²) in [4.78, 5) is 23.3. The molecule has 0 aromatic carbocycles. The zero-order valence-electron chi connectivity index (χ0n) is 11.3. The first kappa shape index (κ1) is 14.3. The molecule has 1 amide bonds. The van der Waals surface area contributed by atoms with Crippen LogP contribution in [-0.2, 0) is 14.3 Å². The molecule has 0 spiro atoms. The van der Waals surface area contributed by atoms with Gasteiger partial charge in [-0.15, -0.1) is 0 Å². The highest BCUT2D eigenvalue weighted by molar-refractivity contribution is 5.82. The van der Waals surface area contributed by atoms with Crippen molar-refractivity contribution in [2.75, 3.05) is 26.3 Å². The van der Waals surface area contributed by atoms with Crippen molar-refractivity contribution in [2.24, 2.45) is 11.3 Å². The van der Waals surface area contributed by atoms with Gasteiger partial charge < -0.3 is 20.5 Å². The van der Waals surface area contributed by atoms with E-state index < -0.39 is 11.4 Å². The number of ether oxygens (including phenoxy) is 1. The number of carbonyl (C=O) groups is 2. The number of carboxylic acid groups (broad SMARTS) is 1. The predicted octanol–water partition coefficient (Wildman–Crippen LogP) is -0.0180. The Bertz CT molecular complexity index is 355. The molecule has 1 saturated heterocycles. The van der Waals surface area contributed by atoms with Crippen LogP contribution in [0.5, 0.6) is 0 Å². The van der Waals surface area contributed by atoms with Gasteiger partial charge in [0.1, 0.15) is 0 Å². The molecule has 2 atom stereocenters. The van der Waals surface area contributed by atoms with Gasteiger partial charge in [0.2, 0.25) is 5.91 Å². The van der Waals surface area contributed by atoms with Gasteiger partial charge in [-0.25, -0.2) is 0 Å². The lowest BCUT2D eigenvalue weighted by Crippen LogP contribution is -2.51. The highest BCUT2D eigenvalue weighted by atomic mass is 16.5. The molecule has 6 nitrogen and oxygen atoms in total. The monoisotopic (exact) mass is 270 g/mol. The fourth-order valence-electron chi connectivity index (χ4n) is 2.73. The molecule has 19 heavy (non-hydrogen) atoms. The van der Waals surface area contributed by atoms with E-state index in [9.17, 15) is 14.7 Å². The summed E-state index contributed by atoms with van der Waals surface area (Å²) < 4.78 is 5.32. The molecular weight excluding hydrogens is 248 g/mol. The van der Waals surface area contributed by atoms with Crippen molar-refractivity contribution in [3.8, 4) is 0 Å². The lowest BCUT2D eigenvalue weighted by molar-refractivity contribution is -0.154. The Labute approximate surface area is 112 Å². The van der Waals surface area contributed by atoms with Gasteiger partial charge in [0, 0.05) is 12.6 Å². The van der Waals surface area contributed by atoms with Crippen LogP contribution >= 0.6 is 0 Å². The van der Waals surface area contributed by atoms with Crippen molar-refractivity contribution >= 4 is 11.9 Å². The second kappa shape index (κ2) is 5.88. The van der Waals surface area contributed by atoms with E-state index in [2.05, 4.69) is 10.6 Å². The van der Waals surface area contributed by atoms with Crippen LogP contribution in [0.1, 0.15) is 26.2 Å². The minimum absolute atomic E-state index is 0.0344. The van der Waals surface area contributed by atoms with Crippen molar-refractivity contribution in [3.05, 3.63) is 0 Å². The Morgan fingerprint density at radius 1 is 1.37 bits per heavy atom. The molecule has 0 aromatic heterocycles. The van der Waals surface area contributed by atoms with Crippen LogP contribution in [0.2, 0.25) is 0 Å². The first-order valence-electron chi connectivity index (χ1n) is 6.91. The molecule has 3 N–H and O–H groups in total. The summed E-state index contributed by atoms with van der Waals surface area (Å²) >= 11 is 0. The van der Waals surface area contributed by atoms with Crippen molar-refractivity contribution in [1.82, 2.24) is 10.6 Å². The van der Waals surface area contributed by atoms with E-state index in [1.54, 1.807) is 0 Å². The normalized spacial score (nSPS) is 28.7. The number of hydrogen-bond acceptors (Lipinski definition) is 4. The number of carboxylic acids is 1. The number of hydrogen-bond donors (Lipinski definition) is 3. The zero-order valence-corrected chi connectivity index (χ0v) is 11.3. The molecular formula is C13H22N2O4. The van der Waals surface area contributed by atoms with Crippen LogP contribution in [0.3, 0.4) is 0 Å². The maximum Gasteiger partial charge on any atom is 0.311 e. The van der Waals surface area contributed by atoms with Crippen LogP contribution in [-0.4, -0.2) is 49.3 Å². The summed E-state index contributed by atoms with van der Waals surface area (Å²) in [6.45, 7) is 3.95. The minimum Gasteiger partial charge on any atom is -0.481 e. The van der Waals surface area contributed by atoms with E-state index in [0.717, 1.165) is 13.0 Å². The van der Waals surface area contributed by atoms with E-state index in [4.69, 9.17) is 4.74 Å². The zero-order chi connectivity index (χ0) is 13.9. The van der Waals surface area contributed by atoms with Gasteiger partial charge in [-0.2, -0.15) is 0 Å². The molecule has 2 unspecified atom stereocenters. The van der Waals surface area contributed by atoms with Crippen molar-refractivity contribution in [2.45, 2.75) is 32.2 Å². The fraction of sp³-hybridized carbons (Fsp3) is 0.846. The Morgan fingerprint density at radius 2 is 2.11 bits per heavy atom. The van der Waals surface area contributed by atoms with E-state index in [1.165, 1.54) is 0 Å². The van der Waals surface area contributed by atoms with Gasteiger partial charge in [0.15, 0.2) is 0 Å². The van der Waals surface area contributed by atoms with Gasteiger partial charge in [-0.05, 0) is 19.4 Å². The van der Waals surface area contributed by atoms with E-state index in [-0.39, 0.29) is 24.4 Å². The number of aliphatic carboxylic acids is 1. The standard InChI is InChI=1S/C13H22N2O4/c1-2-14-10-7-19-6-9(10)11(16)15-8-13(12(17)18)4-3-5-13/h9-10,14H,2-8H2,1H3,(H,15,16)(H,17,18). The second-order valence-corrected chi connectivity index (χ2v) is 5.46. The van der Waals surface area contributed by atoms with E-state index >= 15 is 0 Å². The summed E-state index contributed by atoms with van der Waals surface area (Å²) in [5.74, 6) is -1.12. The largest absolute Gasteiger partial charge is 0.481 e. The summed E-state index contributed by atoms with van der Waals surface area (Å²) in [6.07, 6.45) is 2.23. The van der Waals surface area contributed by atoms with Gasteiger partial charge >= 0.3 is 5.97 Å². The summed E-state index contributed by atoms with van der Waals surface area (Å²) in [5, 5.41) is 15.2. The first-order chi connectivity index (χ1) is 9.09. The van der Waals surface area contributed by atoms with Crippen molar-refractivity contribution in [1.29, 1.82) is 0 Å². The second-order valence-electron chi connectivity index (χ2n) is 5.46. The Morgan fingerprint density at radius 3 is 2.63 bits per heavy atom. The van der Waals surface area contributed by atoms with Crippen molar-refractivity contribution in [3.63, 3.8) is 0 Å². The Kier molecular flexibility index (Phi) is 4.42. The highest BCUT2D eigenvalue weighted by Crippen LogP contribution is 2.40. The first-order valence-corrected chi connectivity index (χ1v) is 6.91. The summed E-state index contributed by atoms with van der Waals surface area (Å²) in [7, 11) is 0. The fourth-order valence-corrected chi connectivity index (χ4v) is 2.73. The quantitative estimate of drug-likeness (QED) is 0.631. The lowest BCUT2D eigenvalue weighted by Gasteiger charge is -2.37. The molecule has 1 aliphatic carbocycles. The molecule has 1 aliphatic heterocycles. The maximum atomic E-state index is 12.1. The number of likely N-dealkylation sites (N-methyl/N-ethyl adjacent to an activating group) is 1. The smallest absolute Gasteiger partial charge is 0.311 e. The molecule has 2 rings (SSSR count). The van der Waals surface area contributed by atoms with Gasteiger partial charge in [-0.1, -0.05) is 13.3 Å². The lowest BCUT2D eigenvalue weighted by atomic mass is 9.68. The van der Waals surface area contributed by atoms with Crippen LogP contribution in [0.15, 0.2) is 0 Å². The average molecular weight is 270 g/mol. The Hall–Kier alpha value is -1.14. The third-order valence-corrected chi connectivity index (χ3v) is 4.25. The maximum absolute atomic E-state index is 12.1. The van der Waals surface area contributed by atoms with Gasteiger partial charge in [0.25, 0.3) is 0 Å². The minimum atomic E-state index is -0.801. The summed E-state index contributed by atoms with van der Waals surface area (Å²) in [5.41, 5.74) is -0.733. The molecule has 2 aliphatic rings. The van der Waals surface area contributed by atoms with E-state index in [0.29, 0.717) is 26.1 Å². The molecule has 1 saturated carbocycles. The van der Waals surface area contributed by atoms with Crippen LogP contribution in [0.25, 0.3) is 0 Å². The number of amides is 1. The van der Waals surface area contributed by atoms with Gasteiger partial charge in [0.05, 0.1) is 24.5 Å². The highest BCUT2D eigenvalue weighted by Gasteiger charge is 2.45. The van der Waals surface area contributed by atoms with Crippen molar-refractivity contribution < 1.29 is 19.4 Å². The average Bonchev–Trinajstić information content (AvgIpc) is 2.75. The molecule has 2 fully saturated rings. The molecule has 6 heteroatoms. The third-order valence-electron chi connectivity index (χ3n) is 4.25.